The Kier molecular flexibility index (Phi) is 5.51. The molecule has 29 heavy (non-hydrogen) atoms. The van der Waals surface area contributed by atoms with Crippen LogP contribution in [0.2, 0.25) is 0 Å². The fourth-order valence-electron chi connectivity index (χ4n) is 3.55. The Labute approximate surface area is 169 Å². The summed E-state index contributed by atoms with van der Waals surface area (Å²) in [5, 5.41) is 3.01. The van der Waals surface area contributed by atoms with Gasteiger partial charge in [-0.1, -0.05) is 17.7 Å². The maximum absolute atomic E-state index is 13.2. The van der Waals surface area contributed by atoms with Crippen molar-refractivity contribution in [2.24, 2.45) is 5.92 Å². The molecule has 2 heterocycles. The number of carbonyl (C=O) groups excluding carboxylic acids is 1. The van der Waals surface area contributed by atoms with Crippen molar-refractivity contribution < 1.29 is 9.18 Å². The van der Waals surface area contributed by atoms with Crippen LogP contribution in [0.1, 0.15) is 18.4 Å². The van der Waals surface area contributed by atoms with Crippen molar-refractivity contribution in [1.82, 2.24) is 9.97 Å². The molecule has 4 rings (SSSR count). The second-order valence-electron chi connectivity index (χ2n) is 7.38. The van der Waals surface area contributed by atoms with Crippen LogP contribution >= 0.6 is 0 Å². The molecule has 1 aromatic heterocycles. The van der Waals surface area contributed by atoms with Gasteiger partial charge >= 0.3 is 0 Å². The molecule has 0 spiro atoms. The van der Waals surface area contributed by atoms with Crippen LogP contribution in [0.4, 0.5) is 15.9 Å². The molecule has 5 nitrogen and oxygen atoms in total. The van der Waals surface area contributed by atoms with Gasteiger partial charge in [0.1, 0.15) is 18.0 Å². The van der Waals surface area contributed by atoms with Gasteiger partial charge in [-0.3, -0.25) is 4.79 Å². The van der Waals surface area contributed by atoms with E-state index in [4.69, 9.17) is 0 Å². The summed E-state index contributed by atoms with van der Waals surface area (Å²) in [7, 11) is 0. The zero-order chi connectivity index (χ0) is 20.2. The molecule has 0 aliphatic carbocycles. The predicted octanol–water partition coefficient (Wildman–Crippen LogP) is 4.45. The molecule has 1 saturated heterocycles. The number of piperidine rings is 1. The second-order valence-corrected chi connectivity index (χ2v) is 7.38. The minimum atomic E-state index is -0.269. The van der Waals surface area contributed by atoms with E-state index >= 15 is 0 Å². The molecule has 0 saturated carbocycles. The monoisotopic (exact) mass is 390 g/mol. The molecular formula is C23H23FN4O. The fraction of sp³-hybridized carbons (Fsp3) is 0.261. The van der Waals surface area contributed by atoms with Gasteiger partial charge in [-0.25, -0.2) is 14.4 Å². The quantitative estimate of drug-likeness (QED) is 0.715. The van der Waals surface area contributed by atoms with E-state index in [1.165, 1.54) is 24.0 Å². The van der Waals surface area contributed by atoms with Gasteiger partial charge in [-0.05, 0) is 56.2 Å². The van der Waals surface area contributed by atoms with Crippen LogP contribution in [-0.2, 0) is 4.79 Å². The van der Waals surface area contributed by atoms with Crippen LogP contribution in [0.5, 0.6) is 0 Å². The topological polar surface area (TPSA) is 58.1 Å². The van der Waals surface area contributed by atoms with Crippen LogP contribution in [0.15, 0.2) is 60.9 Å². The number of nitrogens with one attached hydrogen (secondary N) is 1. The van der Waals surface area contributed by atoms with Gasteiger partial charge in [0.2, 0.25) is 5.91 Å². The number of hydrogen-bond acceptors (Lipinski definition) is 4. The molecule has 0 radical (unpaired) electrons. The summed E-state index contributed by atoms with van der Waals surface area (Å²) >= 11 is 0. The highest BCUT2D eigenvalue weighted by Gasteiger charge is 2.26. The van der Waals surface area contributed by atoms with E-state index in [-0.39, 0.29) is 17.6 Å². The van der Waals surface area contributed by atoms with E-state index in [1.54, 1.807) is 12.1 Å². The average Bonchev–Trinajstić information content (AvgIpc) is 2.76. The number of hydrogen-bond donors (Lipinski definition) is 1. The lowest BCUT2D eigenvalue weighted by Gasteiger charge is -2.32. The van der Waals surface area contributed by atoms with Crippen LogP contribution in [0, 0.1) is 18.7 Å². The lowest BCUT2D eigenvalue weighted by Crippen LogP contribution is -2.38. The Balaban J connectivity index is 1.38. The van der Waals surface area contributed by atoms with Crippen molar-refractivity contribution in [3.05, 3.63) is 72.3 Å². The summed E-state index contributed by atoms with van der Waals surface area (Å²) in [5.74, 6) is 0.625. The first-order valence-corrected chi connectivity index (χ1v) is 9.79. The standard InChI is InChI=1S/C23H23FN4O/c1-16-2-8-20(9-3-16)27-23(29)18-10-12-28(13-11-18)22-14-21(25-15-26-22)17-4-6-19(24)7-5-17/h2-9,14-15,18H,10-13H2,1H3,(H,27,29). The second kappa shape index (κ2) is 8.39. The molecule has 3 aromatic rings. The van der Waals surface area contributed by atoms with Crippen LogP contribution in [-0.4, -0.2) is 29.0 Å². The third-order valence-corrected chi connectivity index (χ3v) is 5.30. The molecule has 2 aromatic carbocycles. The molecule has 0 atom stereocenters. The Morgan fingerprint density at radius 2 is 1.72 bits per heavy atom. The number of benzene rings is 2. The zero-order valence-corrected chi connectivity index (χ0v) is 16.3. The highest BCUT2D eigenvalue weighted by Crippen LogP contribution is 2.26. The third kappa shape index (κ3) is 4.59. The van der Waals surface area contributed by atoms with E-state index in [9.17, 15) is 9.18 Å². The van der Waals surface area contributed by atoms with Crippen molar-refractivity contribution in [1.29, 1.82) is 0 Å². The molecule has 1 fully saturated rings. The number of amides is 1. The zero-order valence-electron chi connectivity index (χ0n) is 16.3. The van der Waals surface area contributed by atoms with Gasteiger partial charge in [-0.15, -0.1) is 0 Å². The SMILES string of the molecule is Cc1ccc(NC(=O)C2CCN(c3cc(-c4ccc(F)cc4)ncn3)CC2)cc1. The minimum Gasteiger partial charge on any atom is -0.356 e. The first kappa shape index (κ1) is 19.1. The Bertz CT molecular complexity index is 981. The number of halogens is 1. The number of aryl methyl sites for hydroxylation is 1. The van der Waals surface area contributed by atoms with E-state index in [2.05, 4.69) is 20.2 Å². The van der Waals surface area contributed by atoms with Crippen LogP contribution in [0.3, 0.4) is 0 Å². The lowest BCUT2D eigenvalue weighted by atomic mass is 9.95. The molecule has 1 amide bonds. The van der Waals surface area contributed by atoms with E-state index in [0.29, 0.717) is 0 Å². The normalized spacial score (nSPS) is 14.6. The van der Waals surface area contributed by atoms with Crippen LogP contribution < -0.4 is 10.2 Å². The van der Waals surface area contributed by atoms with Crippen molar-refractivity contribution in [3.63, 3.8) is 0 Å². The predicted molar refractivity (Wildman–Crippen MR) is 112 cm³/mol. The first-order valence-electron chi connectivity index (χ1n) is 9.79. The highest BCUT2D eigenvalue weighted by atomic mass is 19.1. The van der Waals surface area contributed by atoms with E-state index in [0.717, 1.165) is 48.7 Å². The van der Waals surface area contributed by atoms with Gasteiger partial charge in [0.05, 0.1) is 5.69 Å². The first-order chi connectivity index (χ1) is 14.1. The largest absolute Gasteiger partial charge is 0.356 e. The highest BCUT2D eigenvalue weighted by molar-refractivity contribution is 5.92. The van der Waals surface area contributed by atoms with Gasteiger partial charge < -0.3 is 10.2 Å². The summed E-state index contributed by atoms with van der Waals surface area (Å²) in [6.45, 7) is 3.54. The van der Waals surface area contributed by atoms with Crippen molar-refractivity contribution in [3.8, 4) is 11.3 Å². The maximum Gasteiger partial charge on any atom is 0.227 e. The summed E-state index contributed by atoms with van der Waals surface area (Å²) in [6, 6.07) is 16.0. The molecule has 1 aliphatic rings. The number of nitrogens with zero attached hydrogens (tertiary/aromatic N) is 3. The average molecular weight is 390 g/mol. The summed E-state index contributed by atoms with van der Waals surface area (Å²) in [4.78, 5) is 23.4. The molecule has 0 unspecified atom stereocenters. The molecule has 148 valence electrons. The van der Waals surface area contributed by atoms with Crippen molar-refractivity contribution >= 4 is 17.4 Å². The van der Waals surface area contributed by atoms with Gasteiger partial charge in [0.25, 0.3) is 0 Å². The number of aromatic nitrogens is 2. The Hall–Kier alpha value is -3.28. The maximum atomic E-state index is 13.2. The van der Waals surface area contributed by atoms with Crippen molar-refractivity contribution in [2.45, 2.75) is 19.8 Å². The van der Waals surface area contributed by atoms with Gasteiger partial charge in [0, 0.05) is 36.3 Å². The van der Waals surface area contributed by atoms with Crippen LogP contribution in [0.25, 0.3) is 11.3 Å². The Morgan fingerprint density at radius 3 is 2.41 bits per heavy atom. The molecule has 1 N–H and O–H groups in total. The lowest BCUT2D eigenvalue weighted by molar-refractivity contribution is -0.120. The molecular weight excluding hydrogens is 367 g/mol. The molecule has 6 heteroatoms. The number of carbonyl (C=O) groups is 1. The molecule has 0 bridgehead atoms. The van der Waals surface area contributed by atoms with E-state index in [1.807, 2.05) is 37.3 Å². The summed E-state index contributed by atoms with van der Waals surface area (Å²) in [6.07, 6.45) is 3.07. The third-order valence-electron chi connectivity index (χ3n) is 5.30. The summed E-state index contributed by atoms with van der Waals surface area (Å²) in [5.41, 5.74) is 3.61. The number of anilines is 2. The smallest absolute Gasteiger partial charge is 0.227 e. The minimum absolute atomic E-state index is 0.00837. The number of rotatable bonds is 4. The Morgan fingerprint density at radius 1 is 1.03 bits per heavy atom. The van der Waals surface area contributed by atoms with Crippen molar-refractivity contribution in [2.75, 3.05) is 23.3 Å². The summed E-state index contributed by atoms with van der Waals surface area (Å²) < 4.78 is 13.2. The van der Waals surface area contributed by atoms with Gasteiger partial charge in [-0.2, -0.15) is 0 Å². The van der Waals surface area contributed by atoms with Gasteiger partial charge in [0.15, 0.2) is 0 Å². The van der Waals surface area contributed by atoms with E-state index < -0.39 is 0 Å². The molecule has 1 aliphatic heterocycles. The fourth-order valence-corrected chi connectivity index (χ4v) is 3.55.